The molecule has 0 radical (unpaired) electrons. The van der Waals surface area contributed by atoms with Gasteiger partial charge in [-0.3, -0.25) is 0 Å². The average molecular weight is 474 g/mol. The van der Waals surface area contributed by atoms with Gasteiger partial charge < -0.3 is 25.0 Å². The first-order chi connectivity index (χ1) is 15.7. The molecule has 9 heteroatoms. The van der Waals surface area contributed by atoms with Crippen LogP contribution in [-0.4, -0.2) is 66.2 Å². The molecule has 1 fully saturated rings. The van der Waals surface area contributed by atoms with Gasteiger partial charge in [0.05, 0.1) is 18.3 Å². The molecule has 2 aromatic rings. The lowest BCUT2D eigenvalue weighted by atomic mass is 10.0. The molecule has 33 heavy (non-hydrogen) atoms. The molecule has 1 aliphatic heterocycles. The fraction of sp³-hybridized carbons (Fsp3) is 0.542. The Morgan fingerprint density at radius 1 is 1.21 bits per heavy atom. The van der Waals surface area contributed by atoms with Gasteiger partial charge >= 0.3 is 6.09 Å². The predicted octanol–water partition coefficient (Wildman–Crippen LogP) is 4.38. The van der Waals surface area contributed by atoms with Crippen molar-refractivity contribution in [2.75, 3.05) is 44.0 Å². The Labute approximate surface area is 200 Å². The molecule has 0 bridgehead atoms. The van der Waals surface area contributed by atoms with E-state index >= 15 is 0 Å². The summed E-state index contributed by atoms with van der Waals surface area (Å²) in [6.07, 6.45) is 2.72. The summed E-state index contributed by atoms with van der Waals surface area (Å²) in [6.45, 7) is 8.09. The number of nitrogens with zero attached hydrogens (tertiary/aromatic N) is 3. The van der Waals surface area contributed by atoms with Crippen LogP contribution in [0.2, 0.25) is 5.02 Å². The molecule has 0 atom stereocenters. The SMILES string of the molecule is COCCNc1cc(Cl)ccc1-c1nnc(NC2CN(C(=O)OC(C)(C)C)C2)c2c1CCC2. The van der Waals surface area contributed by atoms with Crippen LogP contribution in [0.15, 0.2) is 18.2 Å². The van der Waals surface area contributed by atoms with Gasteiger partial charge in [-0.25, -0.2) is 4.79 Å². The van der Waals surface area contributed by atoms with E-state index in [0.29, 0.717) is 31.3 Å². The number of anilines is 2. The summed E-state index contributed by atoms with van der Waals surface area (Å²) in [4.78, 5) is 13.9. The molecule has 2 aliphatic rings. The molecule has 0 saturated carbocycles. The number of hydrogen-bond donors (Lipinski definition) is 2. The lowest BCUT2D eigenvalue weighted by Gasteiger charge is -2.40. The first kappa shape index (κ1) is 23.6. The molecule has 178 valence electrons. The highest BCUT2D eigenvalue weighted by Gasteiger charge is 2.35. The van der Waals surface area contributed by atoms with Gasteiger partial charge in [0.1, 0.15) is 5.60 Å². The zero-order valence-corrected chi connectivity index (χ0v) is 20.5. The van der Waals surface area contributed by atoms with Crippen molar-refractivity contribution in [3.8, 4) is 11.3 Å². The number of nitrogens with one attached hydrogen (secondary N) is 2. The second-order valence-electron chi connectivity index (χ2n) is 9.54. The number of carbonyl (C=O) groups excluding carboxylic acids is 1. The quantitative estimate of drug-likeness (QED) is 0.577. The summed E-state index contributed by atoms with van der Waals surface area (Å²) in [6, 6.07) is 5.94. The van der Waals surface area contributed by atoms with Gasteiger partial charge in [0.2, 0.25) is 0 Å². The van der Waals surface area contributed by atoms with E-state index in [1.54, 1.807) is 12.0 Å². The van der Waals surface area contributed by atoms with E-state index in [2.05, 4.69) is 20.8 Å². The molecule has 2 N–H and O–H groups in total. The summed E-state index contributed by atoms with van der Waals surface area (Å²) in [7, 11) is 1.68. The van der Waals surface area contributed by atoms with E-state index in [4.69, 9.17) is 21.1 Å². The van der Waals surface area contributed by atoms with E-state index in [9.17, 15) is 4.79 Å². The molecule has 1 aliphatic carbocycles. The number of aromatic nitrogens is 2. The highest BCUT2D eigenvalue weighted by atomic mass is 35.5. The standard InChI is InChI=1S/C24H32ClN5O3/c1-24(2,3)33-23(31)30-13-16(14-30)27-22-18-7-5-6-17(18)21(28-29-22)19-9-8-15(25)12-20(19)26-10-11-32-4/h8-9,12,16,26H,5-7,10-11,13-14H2,1-4H3,(H,27,29). The van der Waals surface area contributed by atoms with Gasteiger partial charge in [-0.05, 0) is 63.8 Å². The molecule has 1 saturated heterocycles. The third kappa shape index (κ3) is 5.50. The minimum Gasteiger partial charge on any atom is -0.444 e. The third-order valence-electron chi connectivity index (χ3n) is 5.77. The van der Waals surface area contributed by atoms with Crippen LogP contribution in [0.25, 0.3) is 11.3 Å². The summed E-state index contributed by atoms with van der Waals surface area (Å²) in [5, 5.41) is 16.7. The summed E-state index contributed by atoms with van der Waals surface area (Å²) in [5.74, 6) is 0.822. The number of benzene rings is 1. The van der Waals surface area contributed by atoms with Crippen LogP contribution in [0.4, 0.5) is 16.3 Å². The predicted molar refractivity (Wildman–Crippen MR) is 130 cm³/mol. The van der Waals surface area contributed by atoms with Crippen LogP contribution in [-0.2, 0) is 22.3 Å². The van der Waals surface area contributed by atoms with Gasteiger partial charge in [-0.2, -0.15) is 0 Å². The number of rotatable bonds is 7. The van der Waals surface area contributed by atoms with Crippen LogP contribution >= 0.6 is 11.6 Å². The summed E-state index contributed by atoms with van der Waals surface area (Å²) < 4.78 is 10.6. The maximum absolute atomic E-state index is 12.2. The van der Waals surface area contributed by atoms with Crippen molar-refractivity contribution in [1.29, 1.82) is 0 Å². The van der Waals surface area contributed by atoms with Crippen molar-refractivity contribution in [3.63, 3.8) is 0 Å². The zero-order valence-electron chi connectivity index (χ0n) is 19.7. The van der Waals surface area contributed by atoms with Gasteiger partial charge in [-0.1, -0.05) is 11.6 Å². The second-order valence-corrected chi connectivity index (χ2v) is 9.98. The van der Waals surface area contributed by atoms with Crippen molar-refractivity contribution < 1.29 is 14.3 Å². The number of fused-ring (bicyclic) bond motifs is 1. The van der Waals surface area contributed by atoms with Crippen LogP contribution in [0.3, 0.4) is 0 Å². The van der Waals surface area contributed by atoms with Crippen LogP contribution in [0.5, 0.6) is 0 Å². The van der Waals surface area contributed by atoms with Crippen molar-refractivity contribution in [2.24, 2.45) is 0 Å². The van der Waals surface area contributed by atoms with E-state index in [1.807, 2.05) is 39.0 Å². The van der Waals surface area contributed by atoms with E-state index in [1.165, 1.54) is 11.1 Å². The zero-order chi connectivity index (χ0) is 23.6. The lowest BCUT2D eigenvalue weighted by molar-refractivity contribution is 0.0104. The molecule has 2 heterocycles. The largest absolute Gasteiger partial charge is 0.444 e. The second kappa shape index (κ2) is 9.73. The van der Waals surface area contributed by atoms with Crippen LogP contribution in [0.1, 0.15) is 38.3 Å². The van der Waals surface area contributed by atoms with Gasteiger partial charge in [-0.15, -0.1) is 10.2 Å². The monoisotopic (exact) mass is 473 g/mol. The summed E-state index contributed by atoms with van der Waals surface area (Å²) >= 11 is 6.25. The van der Waals surface area contributed by atoms with Crippen molar-refractivity contribution in [1.82, 2.24) is 15.1 Å². The molecule has 1 amide bonds. The molecule has 0 unspecified atom stereocenters. The molecule has 0 spiro atoms. The van der Waals surface area contributed by atoms with E-state index in [-0.39, 0.29) is 12.1 Å². The number of likely N-dealkylation sites (tertiary alicyclic amines) is 1. The Hall–Kier alpha value is -2.58. The molecule has 4 rings (SSSR count). The van der Waals surface area contributed by atoms with Crippen LogP contribution in [0, 0.1) is 0 Å². The minimum absolute atomic E-state index is 0.143. The molecule has 1 aromatic heterocycles. The van der Waals surface area contributed by atoms with Gasteiger partial charge in [0, 0.05) is 48.6 Å². The molecular weight excluding hydrogens is 442 g/mol. The number of ether oxygens (including phenoxy) is 2. The average Bonchev–Trinajstić information content (AvgIpc) is 3.20. The Bertz CT molecular complexity index is 1020. The first-order valence-corrected chi connectivity index (χ1v) is 11.8. The first-order valence-electron chi connectivity index (χ1n) is 11.4. The maximum Gasteiger partial charge on any atom is 0.410 e. The summed E-state index contributed by atoms with van der Waals surface area (Å²) in [5.41, 5.74) is 4.77. The number of halogens is 1. The highest BCUT2D eigenvalue weighted by Crippen LogP contribution is 2.38. The Morgan fingerprint density at radius 3 is 2.70 bits per heavy atom. The maximum atomic E-state index is 12.2. The molecule has 1 aromatic carbocycles. The number of hydrogen-bond acceptors (Lipinski definition) is 7. The molecule has 8 nitrogen and oxygen atoms in total. The van der Waals surface area contributed by atoms with Gasteiger partial charge in [0.25, 0.3) is 0 Å². The Kier molecular flexibility index (Phi) is 6.95. The Balaban J connectivity index is 1.50. The lowest BCUT2D eigenvalue weighted by Crippen LogP contribution is -2.58. The van der Waals surface area contributed by atoms with Crippen molar-refractivity contribution in [3.05, 3.63) is 34.3 Å². The number of methoxy groups -OCH3 is 1. The van der Waals surface area contributed by atoms with E-state index < -0.39 is 5.60 Å². The smallest absolute Gasteiger partial charge is 0.410 e. The molecular formula is C24H32ClN5O3. The fourth-order valence-corrected chi connectivity index (χ4v) is 4.39. The number of amides is 1. The Morgan fingerprint density at radius 2 is 1.97 bits per heavy atom. The van der Waals surface area contributed by atoms with Crippen molar-refractivity contribution in [2.45, 2.75) is 51.7 Å². The van der Waals surface area contributed by atoms with Gasteiger partial charge in [0.15, 0.2) is 5.82 Å². The minimum atomic E-state index is -0.489. The van der Waals surface area contributed by atoms with Crippen molar-refractivity contribution >= 4 is 29.2 Å². The normalized spacial score (nSPS) is 15.7. The third-order valence-corrected chi connectivity index (χ3v) is 6.01. The van der Waals surface area contributed by atoms with E-state index in [0.717, 1.165) is 42.0 Å². The topological polar surface area (TPSA) is 88.6 Å². The van der Waals surface area contributed by atoms with Crippen LogP contribution < -0.4 is 10.6 Å². The highest BCUT2D eigenvalue weighted by molar-refractivity contribution is 6.31. The fourth-order valence-electron chi connectivity index (χ4n) is 4.22. The number of carbonyl (C=O) groups is 1.